The predicted molar refractivity (Wildman–Crippen MR) is 63.8 cm³/mol. The van der Waals surface area contributed by atoms with Crippen LogP contribution in [0, 0.1) is 115 Å². The van der Waals surface area contributed by atoms with Gasteiger partial charge in [0.2, 0.25) is 0 Å². The molecule has 0 amide bonds. The summed E-state index contributed by atoms with van der Waals surface area (Å²) >= 11 is 0. The van der Waals surface area contributed by atoms with Crippen LogP contribution in [0.1, 0.15) is 0 Å². The molecule has 0 aromatic heterocycles. The Labute approximate surface area is 153 Å². The summed E-state index contributed by atoms with van der Waals surface area (Å²) in [7, 11) is 0. The summed E-state index contributed by atoms with van der Waals surface area (Å²) in [6.45, 7) is 0. The molecule has 0 spiro atoms. The summed E-state index contributed by atoms with van der Waals surface area (Å²) < 4.78 is 0. The summed E-state index contributed by atoms with van der Waals surface area (Å²) in [4.78, 5) is 41.2. The second kappa shape index (κ2) is 42.7. The Morgan fingerprint density at radius 1 is 0.348 bits per heavy atom. The van der Waals surface area contributed by atoms with Crippen LogP contribution in [0.5, 0.6) is 0 Å². The molecule has 0 bridgehead atoms. The monoisotopic (exact) mass is 505 g/mol. The van der Waals surface area contributed by atoms with E-state index in [1.165, 1.54) is 0 Å². The number of quaternary nitrogens is 2. The topological polar surface area (TPSA) is 404 Å². The fourth-order valence-electron chi connectivity index (χ4n) is 0. The summed E-state index contributed by atoms with van der Waals surface area (Å²) in [5.74, 6) is 0. The molecule has 0 aliphatic carbocycles. The van der Waals surface area contributed by atoms with Gasteiger partial charge < -0.3 is 88.9 Å². The fraction of sp³-hybridized carbons (Fsp3) is 0. The molecular formula is H8N7O15Tb. The van der Waals surface area contributed by atoms with E-state index in [0.717, 1.165) is 0 Å². The van der Waals surface area contributed by atoms with Gasteiger partial charge in [-0.1, -0.05) is 0 Å². The van der Waals surface area contributed by atoms with Crippen LogP contribution < -0.4 is 12.3 Å². The van der Waals surface area contributed by atoms with Crippen molar-refractivity contribution in [2.45, 2.75) is 0 Å². The van der Waals surface area contributed by atoms with Crippen molar-refractivity contribution in [2.75, 3.05) is 0 Å². The molecule has 0 radical (unpaired) electrons. The number of nitrogens with zero attached hydrogens (tertiary/aromatic N) is 5. The molecule has 0 aliphatic rings. The van der Waals surface area contributed by atoms with E-state index in [9.17, 15) is 0 Å². The molecule has 0 unspecified atom stereocenters. The van der Waals surface area contributed by atoms with Crippen LogP contribution in [0.4, 0.5) is 0 Å². The molecule has 142 valence electrons. The molecule has 8 N–H and O–H groups in total. The summed E-state index contributed by atoms with van der Waals surface area (Å²) in [6, 6.07) is 0. The molecule has 0 aromatic rings. The minimum absolute atomic E-state index is 0. The van der Waals surface area contributed by atoms with Crippen LogP contribution in [-0.2, 0) is 0 Å². The molecule has 0 aromatic carbocycles. The Hall–Kier alpha value is -2.79. The molecule has 23 heavy (non-hydrogen) atoms. The molecule has 0 saturated carbocycles. The zero-order chi connectivity index (χ0) is 17.9. The second-order valence-corrected chi connectivity index (χ2v) is 1.12. The maximum absolute atomic E-state index is 8.25. The van der Waals surface area contributed by atoms with Crippen molar-refractivity contribution >= 4 is 0 Å². The van der Waals surface area contributed by atoms with E-state index in [0.29, 0.717) is 0 Å². The molecule has 0 fully saturated rings. The van der Waals surface area contributed by atoms with Gasteiger partial charge in [-0.3, -0.25) is 0 Å². The molecule has 0 aliphatic heterocycles. The zero-order valence-corrected chi connectivity index (χ0v) is 12.8. The van der Waals surface area contributed by atoms with Crippen LogP contribution in [-0.4, -0.2) is 25.4 Å². The van der Waals surface area contributed by atoms with Gasteiger partial charge in [0.15, 0.2) is 0 Å². The van der Waals surface area contributed by atoms with Crippen LogP contribution in [0.3, 0.4) is 0 Å². The van der Waals surface area contributed by atoms with Crippen molar-refractivity contribution < 1.29 is 64.0 Å². The van der Waals surface area contributed by atoms with Gasteiger partial charge in [-0.15, -0.1) is 0 Å². The van der Waals surface area contributed by atoms with Gasteiger partial charge >= 0.3 is 38.6 Å². The first-order valence-corrected chi connectivity index (χ1v) is 2.74. The number of hydrogen-bond donors (Lipinski definition) is 2. The maximum atomic E-state index is 8.25. The van der Waals surface area contributed by atoms with E-state index in [2.05, 4.69) is 0 Å². The van der Waals surface area contributed by atoms with Crippen molar-refractivity contribution in [3.63, 3.8) is 0 Å². The first kappa shape index (κ1) is 50.0. The molecular weight excluding hydrogens is 497 g/mol. The van der Waals surface area contributed by atoms with Crippen LogP contribution in [0.25, 0.3) is 0 Å². The third kappa shape index (κ3) is 728. The molecule has 0 saturated heterocycles. The second-order valence-electron chi connectivity index (χ2n) is 1.12. The summed E-state index contributed by atoms with van der Waals surface area (Å²) in [6.07, 6.45) is 0. The van der Waals surface area contributed by atoms with Gasteiger partial charge in [-0.2, -0.15) is 0 Å². The molecule has 0 rings (SSSR count). The number of hydrogen-bond acceptors (Lipinski definition) is 15. The molecule has 23 heteroatoms. The van der Waals surface area contributed by atoms with E-state index in [1.54, 1.807) is 0 Å². The quantitative estimate of drug-likeness (QED) is 0.311. The minimum atomic E-state index is -1.75. The maximum Gasteiger partial charge on any atom is 3.00 e. The van der Waals surface area contributed by atoms with E-state index < -0.39 is 25.4 Å². The van der Waals surface area contributed by atoms with Gasteiger partial charge in [0.1, 0.15) is 0 Å². The third-order valence-electron chi connectivity index (χ3n) is 0. The minimum Gasteiger partial charge on any atom is -0.369 e. The van der Waals surface area contributed by atoms with Crippen LogP contribution >= 0.6 is 0 Å². The average molecular weight is 505 g/mol. The van der Waals surface area contributed by atoms with E-state index in [4.69, 9.17) is 76.6 Å². The Morgan fingerprint density at radius 2 is 0.348 bits per heavy atom. The van der Waals surface area contributed by atoms with Gasteiger partial charge in [-0.25, -0.2) is 0 Å². The average Bonchev–Trinajstić information content (AvgIpc) is 1.94. The summed E-state index contributed by atoms with van der Waals surface area (Å²) in [5, 5.41) is 73.8. The van der Waals surface area contributed by atoms with Crippen molar-refractivity contribution in [3.05, 3.63) is 76.6 Å². The Bertz CT molecular complexity index is 211. The molecule has 0 atom stereocenters. The van der Waals surface area contributed by atoms with E-state index in [-0.39, 0.29) is 50.9 Å². The Balaban J connectivity index is -0.0000000197. The SMILES string of the molecule is O=[N+]([O-])[O-].O=[N+]([O-])[O-].O=[N+]([O-])[O-].O=[N+]([O-])[O-].O=[N+]([O-])[O-].[NH4+].[NH4+].[Tb+3]. The third-order valence-corrected chi connectivity index (χ3v) is 0. The van der Waals surface area contributed by atoms with Crippen molar-refractivity contribution in [1.29, 1.82) is 0 Å². The largest absolute Gasteiger partial charge is 3.00 e. The van der Waals surface area contributed by atoms with E-state index >= 15 is 0 Å². The molecule has 22 nitrogen and oxygen atoms in total. The smallest absolute Gasteiger partial charge is 0.369 e. The summed E-state index contributed by atoms with van der Waals surface area (Å²) in [5.41, 5.74) is 0. The van der Waals surface area contributed by atoms with Crippen LogP contribution in [0.2, 0.25) is 0 Å². The van der Waals surface area contributed by atoms with Gasteiger partial charge in [-0.05, 0) is 0 Å². The first-order valence-electron chi connectivity index (χ1n) is 2.74. The van der Waals surface area contributed by atoms with Crippen molar-refractivity contribution in [1.82, 2.24) is 12.3 Å². The fourth-order valence-corrected chi connectivity index (χ4v) is 0. The van der Waals surface area contributed by atoms with Gasteiger partial charge in [0, 0.05) is 0 Å². The standard InChI is InChI=1S/5NO3.2H3N.Tb/c5*2-1(3)4;;;/h;;;;;2*1H3;/q5*-1;;;+3/p+2. The number of rotatable bonds is 0. The Kier molecular flexibility index (Phi) is 92.9. The van der Waals surface area contributed by atoms with Crippen LogP contribution in [0.15, 0.2) is 0 Å². The normalized spacial score (nSPS) is 5.22. The van der Waals surface area contributed by atoms with Crippen molar-refractivity contribution in [2.24, 2.45) is 0 Å². The van der Waals surface area contributed by atoms with E-state index in [1.807, 2.05) is 0 Å². The zero-order valence-electron chi connectivity index (χ0n) is 10.7. The Morgan fingerprint density at radius 3 is 0.348 bits per heavy atom. The molecule has 0 heterocycles. The van der Waals surface area contributed by atoms with Crippen molar-refractivity contribution in [3.8, 4) is 0 Å². The van der Waals surface area contributed by atoms with Gasteiger partial charge in [0.25, 0.3) is 0 Å². The van der Waals surface area contributed by atoms with Gasteiger partial charge in [0.05, 0.1) is 25.4 Å². The first-order chi connectivity index (χ1) is 8.66. The predicted octanol–water partition coefficient (Wildman–Crippen LogP) is -0.443.